The van der Waals surface area contributed by atoms with Gasteiger partial charge in [0.25, 0.3) is 11.1 Å². The lowest BCUT2D eigenvalue weighted by atomic mass is 10.5. The maximum absolute atomic E-state index is 12.4. The third kappa shape index (κ3) is 3.91. The van der Waals surface area contributed by atoms with Crippen LogP contribution in [0.15, 0.2) is 32.5 Å². The molecule has 0 spiro atoms. The maximum Gasteiger partial charge on any atom is 0.445 e. The SMILES string of the molecule is O=C(CSc1nnc(-c2ccco2)o1)Nc1nnc(C(F)(F)F)s1. The fourth-order valence-corrected chi connectivity index (χ4v) is 2.63. The number of hydrogen-bond acceptors (Lipinski definition) is 9. The predicted octanol–water partition coefficient (Wildman–Crippen LogP) is 2.93. The Labute approximate surface area is 139 Å². The highest BCUT2D eigenvalue weighted by molar-refractivity contribution is 7.99. The molecule has 0 aliphatic rings. The summed E-state index contributed by atoms with van der Waals surface area (Å²) < 4.78 is 47.5. The largest absolute Gasteiger partial charge is 0.459 e. The molecule has 0 atom stereocenters. The highest BCUT2D eigenvalue weighted by Gasteiger charge is 2.35. The molecule has 1 amide bonds. The maximum atomic E-state index is 12.4. The van der Waals surface area contributed by atoms with Crippen molar-refractivity contribution in [2.24, 2.45) is 0 Å². The van der Waals surface area contributed by atoms with Crippen LogP contribution in [0.5, 0.6) is 0 Å². The van der Waals surface area contributed by atoms with Crippen LogP contribution in [-0.2, 0) is 11.0 Å². The van der Waals surface area contributed by atoms with Gasteiger partial charge in [0.1, 0.15) is 0 Å². The highest BCUT2D eigenvalue weighted by Crippen LogP contribution is 2.33. The van der Waals surface area contributed by atoms with Crippen molar-refractivity contribution < 1.29 is 26.8 Å². The molecule has 3 aromatic rings. The van der Waals surface area contributed by atoms with Gasteiger partial charge in [0, 0.05) is 0 Å². The van der Waals surface area contributed by atoms with Crippen LogP contribution in [0.3, 0.4) is 0 Å². The number of nitrogens with zero attached hydrogens (tertiary/aromatic N) is 4. The first-order valence-electron chi connectivity index (χ1n) is 6.12. The smallest absolute Gasteiger partial charge is 0.445 e. The zero-order valence-electron chi connectivity index (χ0n) is 11.4. The number of anilines is 1. The van der Waals surface area contributed by atoms with Crippen LogP contribution in [0.2, 0.25) is 0 Å². The monoisotopic (exact) mass is 377 g/mol. The summed E-state index contributed by atoms with van der Waals surface area (Å²) in [6.07, 6.45) is -3.15. The van der Waals surface area contributed by atoms with E-state index in [1.165, 1.54) is 6.26 Å². The second-order valence-electron chi connectivity index (χ2n) is 4.10. The Kier molecular flexibility index (Phi) is 4.53. The molecule has 3 rings (SSSR count). The van der Waals surface area contributed by atoms with E-state index in [0.29, 0.717) is 5.76 Å². The molecule has 126 valence electrons. The van der Waals surface area contributed by atoms with E-state index in [9.17, 15) is 18.0 Å². The quantitative estimate of drug-likeness (QED) is 0.677. The van der Waals surface area contributed by atoms with Crippen LogP contribution < -0.4 is 5.32 Å². The van der Waals surface area contributed by atoms with Gasteiger partial charge in [-0.05, 0) is 12.1 Å². The molecule has 0 unspecified atom stereocenters. The summed E-state index contributed by atoms with van der Waals surface area (Å²) in [4.78, 5) is 11.7. The number of hydrogen-bond donors (Lipinski definition) is 1. The van der Waals surface area contributed by atoms with E-state index in [2.05, 4.69) is 25.7 Å². The molecule has 3 heterocycles. The molecule has 0 saturated heterocycles. The van der Waals surface area contributed by atoms with E-state index in [1.54, 1.807) is 12.1 Å². The number of halogens is 3. The summed E-state index contributed by atoms with van der Waals surface area (Å²) in [5.74, 6) is -0.197. The lowest BCUT2D eigenvalue weighted by Crippen LogP contribution is -2.13. The van der Waals surface area contributed by atoms with E-state index >= 15 is 0 Å². The van der Waals surface area contributed by atoms with Crippen molar-refractivity contribution in [1.29, 1.82) is 0 Å². The summed E-state index contributed by atoms with van der Waals surface area (Å²) in [5, 5.41) is 14.6. The van der Waals surface area contributed by atoms with Crippen LogP contribution in [-0.4, -0.2) is 32.1 Å². The van der Waals surface area contributed by atoms with Crippen molar-refractivity contribution in [2.75, 3.05) is 11.1 Å². The molecular formula is C11H6F3N5O3S2. The number of furan rings is 1. The molecule has 0 aromatic carbocycles. The highest BCUT2D eigenvalue weighted by atomic mass is 32.2. The van der Waals surface area contributed by atoms with Crippen LogP contribution >= 0.6 is 23.1 Å². The summed E-state index contributed by atoms with van der Waals surface area (Å²) in [6.45, 7) is 0. The van der Waals surface area contributed by atoms with Crippen molar-refractivity contribution in [3.05, 3.63) is 23.4 Å². The third-order valence-corrected chi connectivity index (χ3v) is 4.08. The minimum atomic E-state index is -4.60. The molecule has 24 heavy (non-hydrogen) atoms. The van der Waals surface area contributed by atoms with Gasteiger partial charge in [-0.15, -0.1) is 20.4 Å². The summed E-state index contributed by atoms with van der Waals surface area (Å²) in [5.41, 5.74) is 0. The first-order chi connectivity index (χ1) is 11.4. The van der Waals surface area contributed by atoms with Gasteiger partial charge >= 0.3 is 6.18 Å². The zero-order valence-corrected chi connectivity index (χ0v) is 13.0. The third-order valence-electron chi connectivity index (χ3n) is 2.38. The number of carbonyl (C=O) groups excluding carboxylic acids is 1. The predicted molar refractivity (Wildman–Crippen MR) is 76.3 cm³/mol. The van der Waals surface area contributed by atoms with Crippen LogP contribution in [0.25, 0.3) is 11.7 Å². The molecule has 0 saturated carbocycles. The van der Waals surface area contributed by atoms with Crippen LogP contribution in [0, 0.1) is 0 Å². The molecule has 8 nitrogen and oxygen atoms in total. The van der Waals surface area contributed by atoms with Gasteiger partial charge in [0.2, 0.25) is 16.0 Å². The van der Waals surface area contributed by atoms with Crippen molar-refractivity contribution in [3.8, 4) is 11.7 Å². The molecule has 0 bridgehead atoms. The Morgan fingerprint density at radius 2 is 2.12 bits per heavy atom. The van der Waals surface area contributed by atoms with E-state index in [-0.39, 0.29) is 33.3 Å². The average Bonchev–Trinajstić information content (AvgIpc) is 3.25. The first-order valence-corrected chi connectivity index (χ1v) is 7.93. The Morgan fingerprint density at radius 3 is 2.79 bits per heavy atom. The van der Waals surface area contributed by atoms with Gasteiger partial charge in [0.05, 0.1) is 12.0 Å². The van der Waals surface area contributed by atoms with Crippen molar-refractivity contribution in [3.63, 3.8) is 0 Å². The van der Waals surface area contributed by atoms with E-state index in [4.69, 9.17) is 8.83 Å². The molecule has 0 fully saturated rings. The molecular weight excluding hydrogens is 371 g/mol. The van der Waals surface area contributed by atoms with Gasteiger partial charge in [-0.3, -0.25) is 10.1 Å². The number of amides is 1. The van der Waals surface area contributed by atoms with Gasteiger partial charge in [-0.25, -0.2) is 0 Å². The van der Waals surface area contributed by atoms with Crippen molar-refractivity contribution in [1.82, 2.24) is 20.4 Å². The van der Waals surface area contributed by atoms with E-state index in [0.717, 1.165) is 11.8 Å². The average molecular weight is 377 g/mol. The first kappa shape index (κ1) is 16.4. The molecule has 0 aliphatic carbocycles. The van der Waals surface area contributed by atoms with E-state index < -0.39 is 17.1 Å². The molecule has 0 aliphatic heterocycles. The topological polar surface area (TPSA) is 107 Å². The molecule has 3 aromatic heterocycles. The standard InChI is InChI=1S/C11H6F3N5O3S2/c12-11(13,14)8-17-18-9(24-8)15-6(20)4-23-10-19-16-7(22-10)5-2-1-3-21-5/h1-3H,4H2,(H,15,18,20). The number of nitrogens with one attached hydrogen (secondary N) is 1. The number of carbonyl (C=O) groups is 1. The van der Waals surface area contributed by atoms with Gasteiger partial charge in [-0.1, -0.05) is 23.1 Å². The number of alkyl halides is 3. The lowest BCUT2D eigenvalue weighted by Gasteiger charge is -1.99. The van der Waals surface area contributed by atoms with Gasteiger partial charge in [0.15, 0.2) is 5.76 Å². The van der Waals surface area contributed by atoms with Crippen LogP contribution in [0.1, 0.15) is 5.01 Å². The number of rotatable bonds is 5. The Morgan fingerprint density at radius 1 is 1.29 bits per heavy atom. The van der Waals surface area contributed by atoms with Crippen molar-refractivity contribution >= 4 is 34.1 Å². The number of thioether (sulfide) groups is 1. The number of aromatic nitrogens is 4. The van der Waals surface area contributed by atoms with Gasteiger partial charge < -0.3 is 8.83 Å². The second-order valence-corrected chi connectivity index (χ2v) is 6.00. The molecule has 1 N–H and O–H groups in total. The van der Waals surface area contributed by atoms with Crippen molar-refractivity contribution in [2.45, 2.75) is 11.4 Å². The van der Waals surface area contributed by atoms with Crippen LogP contribution in [0.4, 0.5) is 18.3 Å². The summed E-state index contributed by atoms with van der Waals surface area (Å²) in [6, 6.07) is 3.28. The molecule has 13 heteroatoms. The fourth-order valence-electron chi connectivity index (χ4n) is 1.44. The zero-order chi connectivity index (χ0) is 17.2. The minimum Gasteiger partial charge on any atom is -0.459 e. The lowest BCUT2D eigenvalue weighted by molar-refractivity contribution is -0.138. The normalized spacial score (nSPS) is 11.6. The fraction of sp³-hybridized carbons (Fsp3) is 0.182. The Bertz CT molecular complexity index is 830. The Balaban J connectivity index is 1.53. The van der Waals surface area contributed by atoms with Gasteiger partial charge in [-0.2, -0.15) is 13.2 Å². The molecule has 0 radical (unpaired) electrons. The Hall–Kier alpha value is -2.41. The summed E-state index contributed by atoms with van der Waals surface area (Å²) in [7, 11) is 0. The second kappa shape index (κ2) is 6.60. The van der Waals surface area contributed by atoms with E-state index in [1.807, 2.05) is 0 Å². The summed E-state index contributed by atoms with van der Waals surface area (Å²) >= 11 is 1.16. The minimum absolute atomic E-state index is 0.116.